The first-order chi connectivity index (χ1) is 11.3. The van der Waals surface area contributed by atoms with Gasteiger partial charge in [-0.25, -0.2) is 4.68 Å². The highest BCUT2D eigenvalue weighted by atomic mass is 16.5. The zero-order valence-electron chi connectivity index (χ0n) is 14.8. The molecule has 0 spiro atoms. The van der Waals surface area contributed by atoms with Crippen LogP contribution in [0, 0.1) is 5.92 Å². The summed E-state index contributed by atoms with van der Waals surface area (Å²) >= 11 is 0. The molecule has 3 heterocycles. The molecule has 1 atom stereocenters. The van der Waals surface area contributed by atoms with Crippen LogP contribution in [0.25, 0.3) is 0 Å². The Hall–Kier alpha value is -1.69. The fourth-order valence-corrected chi connectivity index (χ4v) is 3.24. The topological polar surface area (TPSA) is 64.4 Å². The summed E-state index contributed by atoms with van der Waals surface area (Å²) in [5, 5.41) is 4.50. The van der Waals surface area contributed by atoms with Crippen molar-refractivity contribution in [3.05, 3.63) is 28.2 Å². The molecule has 2 saturated heterocycles. The minimum absolute atomic E-state index is 0.0767. The number of rotatable bonds is 4. The van der Waals surface area contributed by atoms with E-state index < -0.39 is 0 Å². The second-order valence-corrected chi connectivity index (χ2v) is 7.99. The predicted molar refractivity (Wildman–Crippen MR) is 90.9 cm³/mol. The van der Waals surface area contributed by atoms with E-state index in [9.17, 15) is 9.59 Å². The Morgan fingerprint density at radius 3 is 2.71 bits per heavy atom. The van der Waals surface area contributed by atoms with E-state index in [2.05, 4.69) is 25.9 Å². The fraction of sp³-hybridized carbons (Fsp3) is 0.722. The molecule has 0 bridgehead atoms. The van der Waals surface area contributed by atoms with E-state index in [1.54, 1.807) is 16.8 Å². The molecule has 1 unspecified atom stereocenters. The molecule has 6 heteroatoms. The van der Waals surface area contributed by atoms with E-state index in [1.165, 1.54) is 0 Å². The number of carbonyl (C=O) groups is 1. The minimum atomic E-state index is -0.0850. The molecule has 24 heavy (non-hydrogen) atoms. The van der Waals surface area contributed by atoms with Gasteiger partial charge in [0.1, 0.15) is 0 Å². The van der Waals surface area contributed by atoms with Crippen molar-refractivity contribution in [2.45, 2.75) is 58.1 Å². The van der Waals surface area contributed by atoms with Crippen LogP contribution in [-0.4, -0.2) is 46.4 Å². The van der Waals surface area contributed by atoms with Crippen LogP contribution < -0.4 is 5.56 Å². The van der Waals surface area contributed by atoms with Crippen LogP contribution in [0.3, 0.4) is 0 Å². The van der Waals surface area contributed by atoms with Gasteiger partial charge in [0.2, 0.25) is 5.91 Å². The number of aromatic nitrogens is 2. The Morgan fingerprint density at radius 1 is 1.33 bits per heavy atom. The third-order valence-electron chi connectivity index (χ3n) is 4.80. The number of hydrogen-bond acceptors (Lipinski definition) is 4. The summed E-state index contributed by atoms with van der Waals surface area (Å²) < 4.78 is 7.07. The average Bonchev–Trinajstić information content (AvgIpc) is 2.95. The standard InChI is InChI=1S/C18H27N3O3/c1-18(2,3)15-6-7-16(22)21(19-15)12-13-10-20(11-13)17(23)9-14-5-4-8-24-14/h6-7,13-14H,4-5,8-12H2,1-3H3. The maximum absolute atomic E-state index is 12.2. The highest BCUT2D eigenvalue weighted by Crippen LogP contribution is 2.22. The Morgan fingerprint density at radius 2 is 2.08 bits per heavy atom. The number of carbonyl (C=O) groups excluding carboxylic acids is 1. The van der Waals surface area contributed by atoms with Gasteiger partial charge >= 0.3 is 0 Å². The number of ether oxygens (including phenoxy) is 1. The maximum atomic E-state index is 12.2. The maximum Gasteiger partial charge on any atom is 0.266 e. The summed E-state index contributed by atoms with van der Waals surface area (Å²) in [6.07, 6.45) is 2.63. The van der Waals surface area contributed by atoms with Gasteiger partial charge < -0.3 is 9.64 Å². The van der Waals surface area contributed by atoms with Crippen LogP contribution in [0.2, 0.25) is 0 Å². The smallest absolute Gasteiger partial charge is 0.266 e. The average molecular weight is 333 g/mol. The Balaban J connectivity index is 1.53. The van der Waals surface area contributed by atoms with Gasteiger partial charge in [0, 0.05) is 37.1 Å². The van der Waals surface area contributed by atoms with Crippen molar-refractivity contribution >= 4 is 5.91 Å². The highest BCUT2D eigenvalue weighted by Gasteiger charge is 2.33. The van der Waals surface area contributed by atoms with E-state index >= 15 is 0 Å². The van der Waals surface area contributed by atoms with Crippen LogP contribution in [0.15, 0.2) is 16.9 Å². The van der Waals surface area contributed by atoms with Gasteiger partial charge in [0.05, 0.1) is 24.8 Å². The largest absolute Gasteiger partial charge is 0.378 e. The summed E-state index contributed by atoms with van der Waals surface area (Å²) in [5.41, 5.74) is 0.748. The lowest BCUT2D eigenvalue weighted by atomic mass is 9.92. The summed E-state index contributed by atoms with van der Waals surface area (Å²) in [6.45, 7) is 9.02. The monoisotopic (exact) mass is 333 g/mol. The first kappa shape index (κ1) is 17.1. The molecule has 1 aromatic heterocycles. The van der Waals surface area contributed by atoms with Crippen LogP contribution in [0.4, 0.5) is 0 Å². The van der Waals surface area contributed by atoms with E-state index in [0.717, 1.165) is 25.1 Å². The number of likely N-dealkylation sites (tertiary alicyclic amines) is 1. The zero-order chi connectivity index (χ0) is 17.3. The first-order valence-corrected chi connectivity index (χ1v) is 8.81. The lowest BCUT2D eigenvalue weighted by molar-refractivity contribution is -0.140. The van der Waals surface area contributed by atoms with Gasteiger partial charge in [0.25, 0.3) is 5.56 Å². The quantitative estimate of drug-likeness (QED) is 0.839. The van der Waals surface area contributed by atoms with Crippen LogP contribution in [0.1, 0.15) is 45.7 Å². The van der Waals surface area contributed by atoms with Crippen molar-refractivity contribution < 1.29 is 9.53 Å². The van der Waals surface area contributed by atoms with Crippen LogP contribution in [-0.2, 0) is 21.5 Å². The SMILES string of the molecule is CC(C)(C)c1ccc(=O)n(CC2CN(C(=O)CC3CCCO3)C2)n1. The van der Waals surface area contributed by atoms with Gasteiger partial charge in [-0.2, -0.15) is 5.10 Å². The lowest BCUT2D eigenvalue weighted by Gasteiger charge is -2.39. The van der Waals surface area contributed by atoms with Crippen molar-refractivity contribution in [3.63, 3.8) is 0 Å². The Labute approximate surface area is 142 Å². The van der Waals surface area contributed by atoms with Crippen molar-refractivity contribution in [2.24, 2.45) is 5.92 Å². The summed E-state index contributed by atoms with van der Waals surface area (Å²) in [5.74, 6) is 0.473. The van der Waals surface area contributed by atoms with Crippen LogP contribution in [0.5, 0.6) is 0 Å². The van der Waals surface area contributed by atoms with Crippen molar-refractivity contribution in [1.29, 1.82) is 0 Å². The van der Waals surface area contributed by atoms with Gasteiger partial charge in [-0.3, -0.25) is 9.59 Å². The summed E-state index contributed by atoms with van der Waals surface area (Å²) in [6, 6.07) is 3.39. The normalized spacial score (nSPS) is 21.8. The van der Waals surface area contributed by atoms with E-state index in [0.29, 0.717) is 32.0 Å². The molecular formula is C18H27N3O3. The number of amides is 1. The highest BCUT2D eigenvalue weighted by molar-refractivity contribution is 5.77. The van der Waals surface area contributed by atoms with Gasteiger partial charge in [-0.05, 0) is 18.9 Å². The molecule has 6 nitrogen and oxygen atoms in total. The molecule has 2 aliphatic heterocycles. The third-order valence-corrected chi connectivity index (χ3v) is 4.80. The zero-order valence-corrected chi connectivity index (χ0v) is 14.8. The number of nitrogens with zero attached hydrogens (tertiary/aromatic N) is 3. The predicted octanol–water partition coefficient (Wildman–Crippen LogP) is 1.57. The number of hydrogen-bond donors (Lipinski definition) is 0. The second kappa shape index (κ2) is 6.67. The molecule has 0 N–H and O–H groups in total. The van der Waals surface area contributed by atoms with E-state index in [1.807, 2.05) is 4.90 Å². The molecule has 0 radical (unpaired) electrons. The molecule has 0 saturated carbocycles. The van der Waals surface area contributed by atoms with Gasteiger partial charge in [0.15, 0.2) is 0 Å². The molecule has 0 aliphatic carbocycles. The molecule has 2 aliphatic rings. The molecule has 0 aromatic carbocycles. The van der Waals surface area contributed by atoms with E-state index in [-0.39, 0.29) is 23.0 Å². The van der Waals surface area contributed by atoms with Crippen molar-refractivity contribution in [3.8, 4) is 0 Å². The van der Waals surface area contributed by atoms with Gasteiger partial charge in [-0.15, -0.1) is 0 Å². The molecule has 1 amide bonds. The Kier molecular flexibility index (Phi) is 4.76. The first-order valence-electron chi connectivity index (χ1n) is 8.81. The molecule has 2 fully saturated rings. The summed E-state index contributed by atoms with van der Waals surface area (Å²) in [7, 11) is 0. The molecule has 132 valence electrons. The molecule has 3 rings (SSSR count). The van der Waals surface area contributed by atoms with Crippen LogP contribution >= 0.6 is 0 Å². The second-order valence-electron chi connectivity index (χ2n) is 7.99. The Bertz CT molecular complexity index is 650. The van der Waals surface area contributed by atoms with Crippen molar-refractivity contribution in [2.75, 3.05) is 19.7 Å². The van der Waals surface area contributed by atoms with Gasteiger partial charge in [-0.1, -0.05) is 20.8 Å². The molecule has 1 aromatic rings. The van der Waals surface area contributed by atoms with E-state index in [4.69, 9.17) is 4.74 Å². The lowest BCUT2D eigenvalue weighted by Crippen LogP contribution is -2.52. The fourth-order valence-electron chi connectivity index (χ4n) is 3.24. The van der Waals surface area contributed by atoms with Crippen molar-refractivity contribution in [1.82, 2.24) is 14.7 Å². The third kappa shape index (κ3) is 3.86. The molecular weight excluding hydrogens is 306 g/mol. The minimum Gasteiger partial charge on any atom is -0.378 e. The summed E-state index contributed by atoms with van der Waals surface area (Å²) in [4.78, 5) is 26.1.